The zero-order chi connectivity index (χ0) is 18.2. The van der Waals surface area contributed by atoms with Crippen molar-refractivity contribution in [2.45, 2.75) is 19.4 Å². The summed E-state index contributed by atoms with van der Waals surface area (Å²) in [5.74, 6) is 0. The van der Waals surface area contributed by atoms with Crippen LogP contribution in [0.25, 0.3) is 20.8 Å². The number of hydrogen-bond acceptors (Lipinski definition) is 6. The second kappa shape index (κ2) is 6.99. The first-order chi connectivity index (χ1) is 13.2. The minimum Gasteiger partial charge on any atom is -0.298 e. The Morgan fingerprint density at radius 3 is 2.81 bits per heavy atom. The molecule has 3 heterocycles. The molecule has 2 aromatic carbocycles. The number of nitrogens with one attached hydrogen (secondary N) is 1. The molecule has 1 N–H and O–H groups in total. The Labute approximate surface area is 164 Å². The summed E-state index contributed by atoms with van der Waals surface area (Å²) >= 11 is 2.85. The van der Waals surface area contributed by atoms with Crippen molar-refractivity contribution in [2.75, 3.05) is 13.1 Å². The first kappa shape index (κ1) is 16.8. The predicted molar refractivity (Wildman–Crippen MR) is 110 cm³/mol. The Balaban J connectivity index is 1.33. The Morgan fingerprint density at radius 2 is 1.96 bits per heavy atom. The van der Waals surface area contributed by atoms with Gasteiger partial charge in [-0.05, 0) is 47.7 Å². The molecule has 0 radical (unpaired) electrons. The molecule has 0 fully saturated rings. The fourth-order valence-electron chi connectivity index (χ4n) is 3.68. The SMILES string of the molecule is O=c1[nH]nc(-c2ccc3c(c2)CCN(Cc2ccc4scnc4c2)CC3)s1. The van der Waals surface area contributed by atoms with Crippen molar-refractivity contribution in [3.63, 3.8) is 0 Å². The van der Waals surface area contributed by atoms with Gasteiger partial charge in [-0.1, -0.05) is 29.5 Å². The third-order valence-corrected chi connectivity index (χ3v) is 6.69. The number of nitrogens with zero attached hydrogens (tertiary/aromatic N) is 3. The van der Waals surface area contributed by atoms with Crippen LogP contribution in [0.4, 0.5) is 0 Å². The van der Waals surface area contributed by atoms with Gasteiger partial charge in [-0.15, -0.1) is 11.3 Å². The van der Waals surface area contributed by atoms with E-state index in [1.54, 1.807) is 11.3 Å². The van der Waals surface area contributed by atoms with Crippen molar-refractivity contribution < 1.29 is 0 Å². The van der Waals surface area contributed by atoms with E-state index in [9.17, 15) is 4.79 Å². The van der Waals surface area contributed by atoms with Crippen LogP contribution in [0.5, 0.6) is 0 Å². The number of aromatic amines is 1. The lowest BCUT2D eigenvalue weighted by Crippen LogP contribution is -2.25. The summed E-state index contributed by atoms with van der Waals surface area (Å²) in [6.07, 6.45) is 2.06. The molecule has 27 heavy (non-hydrogen) atoms. The first-order valence-corrected chi connectivity index (χ1v) is 10.7. The molecular formula is C20H18N4OS2. The van der Waals surface area contributed by atoms with Gasteiger partial charge in [0, 0.05) is 25.2 Å². The lowest BCUT2D eigenvalue weighted by atomic mass is 10.0. The number of H-pyrrole nitrogens is 1. The molecule has 0 saturated heterocycles. The maximum absolute atomic E-state index is 11.4. The van der Waals surface area contributed by atoms with E-state index in [0.717, 1.165) is 59.9 Å². The summed E-state index contributed by atoms with van der Waals surface area (Å²) in [6, 6.07) is 13.1. The summed E-state index contributed by atoms with van der Waals surface area (Å²) in [6.45, 7) is 3.04. The van der Waals surface area contributed by atoms with Crippen molar-refractivity contribution in [1.29, 1.82) is 0 Å². The van der Waals surface area contributed by atoms with Crippen LogP contribution < -0.4 is 4.87 Å². The molecule has 5 rings (SSSR count). The number of thiazole rings is 1. The van der Waals surface area contributed by atoms with Gasteiger partial charge in [0.05, 0.1) is 15.7 Å². The Bertz CT molecular complexity index is 1160. The molecule has 0 unspecified atom stereocenters. The third-order valence-electron chi connectivity index (χ3n) is 5.09. The topological polar surface area (TPSA) is 61.9 Å². The van der Waals surface area contributed by atoms with Gasteiger partial charge >= 0.3 is 4.87 Å². The Morgan fingerprint density at radius 1 is 1.07 bits per heavy atom. The summed E-state index contributed by atoms with van der Waals surface area (Å²) in [7, 11) is 0. The Kier molecular flexibility index (Phi) is 4.35. The summed E-state index contributed by atoms with van der Waals surface area (Å²) in [5.41, 5.74) is 8.12. The molecule has 1 aliphatic heterocycles. The molecular weight excluding hydrogens is 376 g/mol. The van der Waals surface area contributed by atoms with Crippen molar-refractivity contribution >= 4 is 32.9 Å². The van der Waals surface area contributed by atoms with Crippen LogP contribution in [0.3, 0.4) is 0 Å². The van der Waals surface area contributed by atoms with Gasteiger partial charge in [0.1, 0.15) is 5.01 Å². The van der Waals surface area contributed by atoms with Crippen LogP contribution in [-0.4, -0.2) is 33.2 Å². The average molecular weight is 395 g/mol. The van der Waals surface area contributed by atoms with E-state index in [1.807, 2.05) is 5.51 Å². The smallest absolute Gasteiger partial charge is 0.298 e. The minimum absolute atomic E-state index is 0.108. The van der Waals surface area contributed by atoms with Gasteiger partial charge in [-0.2, -0.15) is 5.10 Å². The zero-order valence-corrected chi connectivity index (χ0v) is 16.3. The van der Waals surface area contributed by atoms with E-state index in [-0.39, 0.29) is 4.87 Å². The maximum atomic E-state index is 11.4. The molecule has 0 amide bonds. The highest BCUT2D eigenvalue weighted by molar-refractivity contribution is 7.16. The maximum Gasteiger partial charge on any atom is 0.322 e. The zero-order valence-electron chi connectivity index (χ0n) is 14.6. The summed E-state index contributed by atoms with van der Waals surface area (Å²) in [4.78, 5) is 18.2. The van der Waals surface area contributed by atoms with Crippen molar-refractivity contribution in [2.24, 2.45) is 0 Å². The van der Waals surface area contributed by atoms with Crippen molar-refractivity contribution in [1.82, 2.24) is 20.1 Å². The van der Waals surface area contributed by atoms with E-state index < -0.39 is 0 Å². The lowest BCUT2D eigenvalue weighted by Gasteiger charge is -2.19. The summed E-state index contributed by atoms with van der Waals surface area (Å²) in [5, 5.41) is 7.38. The fourth-order valence-corrected chi connectivity index (χ4v) is 4.94. The van der Waals surface area contributed by atoms with Gasteiger partial charge in [0.15, 0.2) is 0 Å². The number of rotatable bonds is 3. The minimum atomic E-state index is -0.108. The predicted octanol–water partition coefficient (Wildman–Crippen LogP) is 3.71. The molecule has 5 nitrogen and oxygen atoms in total. The molecule has 0 atom stereocenters. The number of aromatic nitrogens is 3. The van der Waals surface area contributed by atoms with Gasteiger partial charge in [0.25, 0.3) is 0 Å². The number of fused-ring (bicyclic) bond motifs is 2. The molecule has 0 saturated carbocycles. The van der Waals surface area contributed by atoms with Gasteiger partial charge < -0.3 is 0 Å². The average Bonchev–Trinajstić information content (AvgIpc) is 3.27. The van der Waals surface area contributed by atoms with Crippen LogP contribution in [0.1, 0.15) is 16.7 Å². The number of benzene rings is 2. The fraction of sp³-hybridized carbons (Fsp3) is 0.250. The highest BCUT2D eigenvalue weighted by atomic mass is 32.1. The normalized spacial score (nSPS) is 15.0. The highest BCUT2D eigenvalue weighted by Gasteiger charge is 2.16. The van der Waals surface area contributed by atoms with Gasteiger partial charge in [-0.25, -0.2) is 10.1 Å². The molecule has 0 bridgehead atoms. The van der Waals surface area contributed by atoms with E-state index in [4.69, 9.17) is 0 Å². The van der Waals surface area contributed by atoms with E-state index >= 15 is 0 Å². The van der Waals surface area contributed by atoms with Crippen molar-refractivity contribution in [3.8, 4) is 10.6 Å². The first-order valence-electron chi connectivity index (χ1n) is 8.97. The molecule has 0 aliphatic carbocycles. The summed E-state index contributed by atoms with van der Waals surface area (Å²) < 4.78 is 1.25. The highest BCUT2D eigenvalue weighted by Crippen LogP contribution is 2.26. The van der Waals surface area contributed by atoms with Crippen LogP contribution in [0, 0.1) is 0 Å². The third kappa shape index (κ3) is 3.45. The molecule has 0 spiro atoms. The van der Waals surface area contributed by atoms with E-state index in [2.05, 4.69) is 56.5 Å². The van der Waals surface area contributed by atoms with Gasteiger partial charge in [0.2, 0.25) is 0 Å². The van der Waals surface area contributed by atoms with Gasteiger partial charge in [-0.3, -0.25) is 9.69 Å². The molecule has 4 aromatic rings. The lowest BCUT2D eigenvalue weighted by molar-refractivity contribution is 0.279. The monoisotopic (exact) mass is 394 g/mol. The largest absolute Gasteiger partial charge is 0.322 e. The van der Waals surface area contributed by atoms with Crippen molar-refractivity contribution in [3.05, 3.63) is 68.3 Å². The molecule has 7 heteroatoms. The second-order valence-corrected chi connectivity index (χ2v) is 8.68. The number of hydrogen-bond donors (Lipinski definition) is 1. The molecule has 136 valence electrons. The van der Waals surface area contributed by atoms with Crippen LogP contribution >= 0.6 is 22.7 Å². The van der Waals surface area contributed by atoms with Crippen LogP contribution in [-0.2, 0) is 19.4 Å². The van der Waals surface area contributed by atoms with E-state index in [0.29, 0.717) is 0 Å². The van der Waals surface area contributed by atoms with E-state index in [1.165, 1.54) is 21.4 Å². The standard InChI is InChI=1S/C20H18N4OS2/c25-20-23-22-19(27-20)16-3-2-14-5-7-24(8-6-15(14)10-16)11-13-1-4-18-17(9-13)21-12-26-18/h1-4,9-10,12H,5-8,11H2,(H,23,25). The van der Waals surface area contributed by atoms with Crippen LogP contribution in [0.15, 0.2) is 46.7 Å². The molecule has 2 aromatic heterocycles. The van der Waals surface area contributed by atoms with Crippen LogP contribution in [0.2, 0.25) is 0 Å². The molecule has 1 aliphatic rings. The Hall–Kier alpha value is -2.35. The quantitative estimate of drug-likeness (QED) is 0.575. The second-order valence-electron chi connectivity index (χ2n) is 6.83.